The first kappa shape index (κ1) is 17.9. The third-order valence-corrected chi connectivity index (χ3v) is 3.70. The van der Waals surface area contributed by atoms with Crippen LogP contribution in [0.5, 0.6) is 0 Å². The molecule has 0 unspecified atom stereocenters. The summed E-state index contributed by atoms with van der Waals surface area (Å²) in [6.07, 6.45) is 0.101. The van der Waals surface area contributed by atoms with E-state index in [9.17, 15) is 9.59 Å². The number of aryl methyl sites for hydroxylation is 1. The maximum absolute atomic E-state index is 12.0. The smallest absolute Gasteiger partial charge is 0.271 e. The maximum Gasteiger partial charge on any atom is 0.271 e. The van der Waals surface area contributed by atoms with E-state index in [2.05, 4.69) is 31.8 Å². The lowest BCUT2D eigenvalue weighted by Gasteiger charge is -2.06. The number of benzene rings is 2. The van der Waals surface area contributed by atoms with Crippen LogP contribution < -0.4 is 10.7 Å². The third-order valence-electron chi connectivity index (χ3n) is 3.17. The number of halogens is 1. The van der Waals surface area contributed by atoms with Gasteiger partial charge in [-0.15, -0.1) is 0 Å². The molecule has 24 heavy (non-hydrogen) atoms. The summed E-state index contributed by atoms with van der Waals surface area (Å²) in [6, 6.07) is 14.5. The van der Waals surface area contributed by atoms with Crippen molar-refractivity contribution in [1.29, 1.82) is 0 Å². The summed E-state index contributed by atoms with van der Waals surface area (Å²) in [7, 11) is 0. The Bertz CT molecular complexity index is 770. The first-order valence-electron chi connectivity index (χ1n) is 7.39. The van der Waals surface area contributed by atoms with Gasteiger partial charge in [-0.25, -0.2) is 5.43 Å². The van der Waals surface area contributed by atoms with E-state index in [1.807, 2.05) is 31.2 Å². The van der Waals surface area contributed by atoms with E-state index in [1.54, 1.807) is 31.2 Å². The van der Waals surface area contributed by atoms with Gasteiger partial charge in [-0.1, -0.05) is 33.6 Å². The van der Waals surface area contributed by atoms with Crippen LogP contribution in [0, 0.1) is 6.92 Å². The fraction of sp³-hybridized carbons (Fsp3) is 0.167. The van der Waals surface area contributed by atoms with Crippen LogP contribution in [-0.2, 0) is 4.79 Å². The predicted molar refractivity (Wildman–Crippen MR) is 99.1 cm³/mol. The van der Waals surface area contributed by atoms with Crippen LogP contribution in [0.4, 0.5) is 5.69 Å². The van der Waals surface area contributed by atoms with Crippen molar-refractivity contribution < 1.29 is 9.59 Å². The molecule has 0 fully saturated rings. The number of hydrogen-bond acceptors (Lipinski definition) is 3. The van der Waals surface area contributed by atoms with E-state index in [0.717, 1.165) is 10.0 Å². The Kier molecular flexibility index (Phi) is 6.26. The van der Waals surface area contributed by atoms with Gasteiger partial charge in [0.2, 0.25) is 5.91 Å². The highest BCUT2D eigenvalue weighted by atomic mass is 79.9. The summed E-state index contributed by atoms with van der Waals surface area (Å²) in [5, 5.41) is 6.75. The number of carbonyl (C=O) groups excluding carboxylic acids is 2. The van der Waals surface area contributed by atoms with E-state index in [1.165, 1.54) is 0 Å². The normalized spacial score (nSPS) is 11.0. The molecule has 0 aromatic heterocycles. The molecule has 0 radical (unpaired) electrons. The summed E-state index contributed by atoms with van der Waals surface area (Å²) in [4.78, 5) is 23.9. The Morgan fingerprint density at radius 1 is 1.12 bits per heavy atom. The molecule has 2 amide bonds. The molecule has 0 bridgehead atoms. The molecule has 2 aromatic carbocycles. The topological polar surface area (TPSA) is 70.6 Å². The van der Waals surface area contributed by atoms with Crippen LogP contribution in [0.3, 0.4) is 0 Å². The average molecular weight is 388 g/mol. The largest absolute Gasteiger partial charge is 0.326 e. The Morgan fingerprint density at radius 3 is 2.50 bits per heavy atom. The standard InChI is InChI=1S/C18H18BrN3O2/c1-12-4-3-5-14(10-12)18(24)22-21-13(2)11-17(23)20-16-8-6-15(19)7-9-16/h3-10H,11H2,1-2H3,(H,20,23)(H,22,24). The molecule has 0 atom stereocenters. The molecule has 0 saturated carbocycles. The highest BCUT2D eigenvalue weighted by Crippen LogP contribution is 2.14. The van der Waals surface area contributed by atoms with Crippen LogP contribution >= 0.6 is 15.9 Å². The molecule has 0 aliphatic heterocycles. The quantitative estimate of drug-likeness (QED) is 0.603. The summed E-state index contributed by atoms with van der Waals surface area (Å²) >= 11 is 3.34. The third kappa shape index (κ3) is 5.62. The summed E-state index contributed by atoms with van der Waals surface area (Å²) in [5.41, 5.74) is 5.22. The monoisotopic (exact) mass is 387 g/mol. The number of amides is 2. The van der Waals surface area contributed by atoms with Gasteiger partial charge < -0.3 is 5.32 Å². The zero-order valence-corrected chi connectivity index (χ0v) is 15.1. The van der Waals surface area contributed by atoms with Crippen molar-refractivity contribution in [2.45, 2.75) is 20.3 Å². The molecular weight excluding hydrogens is 370 g/mol. The van der Waals surface area contributed by atoms with E-state index in [-0.39, 0.29) is 18.2 Å². The van der Waals surface area contributed by atoms with Crippen LogP contribution in [0.25, 0.3) is 0 Å². The van der Waals surface area contributed by atoms with Crippen LogP contribution in [-0.4, -0.2) is 17.5 Å². The molecular formula is C18H18BrN3O2. The lowest BCUT2D eigenvalue weighted by Crippen LogP contribution is -2.21. The van der Waals surface area contributed by atoms with Gasteiger partial charge in [-0.2, -0.15) is 5.10 Å². The van der Waals surface area contributed by atoms with Gasteiger partial charge in [0.05, 0.1) is 6.42 Å². The average Bonchev–Trinajstić information content (AvgIpc) is 2.54. The highest BCUT2D eigenvalue weighted by Gasteiger charge is 2.07. The molecule has 0 heterocycles. The van der Waals surface area contributed by atoms with Crippen LogP contribution in [0.15, 0.2) is 58.1 Å². The minimum Gasteiger partial charge on any atom is -0.326 e. The van der Waals surface area contributed by atoms with E-state index >= 15 is 0 Å². The summed E-state index contributed by atoms with van der Waals surface area (Å²) in [5.74, 6) is -0.491. The fourth-order valence-electron chi connectivity index (χ4n) is 2.01. The van der Waals surface area contributed by atoms with Crippen molar-refractivity contribution in [3.8, 4) is 0 Å². The molecule has 5 nitrogen and oxygen atoms in total. The number of nitrogens with zero attached hydrogens (tertiary/aromatic N) is 1. The Hall–Kier alpha value is -2.47. The number of rotatable bonds is 5. The summed E-state index contributed by atoms with van der Waals surface area (Å²) < 4.78 is 0.942. The first-order valence-corrected chi connectivity index (χ1v) is 8.19. The van der Waals surface area contributed by atoms with Crippen LogP contribution in [0.1, 0.15) is 29.3 Å². The molecule has 0 saturated heterocycles. The Balaban J connectivity index is 1.87. The molecule has 0 aliphatic carbocycles. The molecule has 124 valence electrons. The van der Waals surface area contributed by atoms with Gasteiger partial charge in [-0.3, -0.25) is 9.59 Å². The van der Waals surface area contributed by atoms with Crippen molar-refractivity contribution >= 4 is 39.1 Å². The molecule has 0 spiro atoms. The molecule has 2 aromatic rings. The number of carbonyl (C=O) groups is 2. The molecule has 2 rings (SSSR count). The number of hydrogen-bond donors (Lipinski definition) is 2. The number of anilines is 1. The van der Waals surface area contributed by atoms with Gasteiger partial charge in [0, 0.05) is 21.4 Å². The van der Waals surface area contributed by atoms with Crippen molar-refractivity contribution in [2.75, 3.05) is 5.32 Å². The summed E-state index contributed by atoms with van der Waals surface area (Å²) in [6.45, 7) is 3.61. The van der Waals surface area contributed by atoms with E-state index in [4.69, 9.17) is 0 Å². The van der Waals surface area contributed by atoms with Gasteiger partial charge >= 0.3 is 0 Å². The van der Waals surface area contributed by atoms with E-state index in [0.29, 0.717) is 17.0 Å². The molecule has 6 heteroatoms. The lowest BCUT2D eigenvalue weighted by atomic mass is 10.1. The Labute approximate surface area is 149 Å². The lowest BCUT2D eigenvalue weighted by molar-refractivity contribution is -0.115. The van der Waals surface area contributed by atoms with Crippen molar-refractivity contribution in [3.63, 3.8) is 0 Å². The second kappa shape index (κ2) is 8.40. The fourth-order valence-corrected chi connectivity index (χ4v) is 2.27. The zero-order valence-electron chi connectivity index (χ0n) is 13.5. The molecule has 0 aliphatic rings. The second-order valence-corrected chi connectivity index (χ2v) is 6.31. The van der Waals surface area contributed by atoms with Crippen LogP contribution in [0.2, 0.25) is 0 Å². The highest BCUT2D eigenvalue weighted by molar-refractivity contribution is 9.10. The van der Waals surface area contributed by atoms with Crippen molar-refractivity contribution in [1.82, 2.24) is 5.43 Å². The van der Waals surface area contributed by atoms with Gasteiger partial charge in [0.25, 0.3) is 5.91 Å². The second-order valence-electron chi connectivity index (χ2n) is 5.39. The van der Waals surface area contributed by atoms with E-state index < -0.39 is 0 Å². The van der Waals surface area contributed by atoms with Gasteiger partial charge in [-0.05, 0) is 50.2 Å². The number of hydrazone groups is 1. The van der Waals surface area contributed by atoms with Crippen molar-refractivity contribution in [3.05, 3.63) is 64.1 Å². The minimum atomic E-state index is -0.300. The Morgan fingerprint density at radius 2 is 1.83 bits per heavy atom. The zero-order chi connectivity index (χ0) is 17.5. The SMILES string of the molecule is CC(CC(=O)Nc1ccc(Br)cc1)=NNC(=O)c1cccc(C)c1. The minimum absolute atomic E-state index is 0.101. The first-order chi connectivity index (χ1) is 11.4. The maximum atomic E-state index is 12.0. The van der Waals surface area contributed by atoms with Gasteiger partial charge in [0.15, 0.2) is 0 Å². The molecule has 2 N–H and O–H groups in total. The van der Waals surface area contributed by atoms with Gasteiger partial charge in [0.1, 0.15) is 0 Å². The number of nitrogens with one attached hydrogen (secondary N) is 2. The predicted octanol–water partition coefficient (Wildman–Crippen LogP) is 3.89. The van der Waals surface area contributed by atoms with Crippen molar-refractivity contribution in [2.24, 2.45) is 5.10 Å².